The topological polar surface area (TPSA) is 69.5 Å². The van der Waals surface area contributed by atoms with E-state index in [1.54, 1.807) is 0 Å². The molecule has 4 heterocycles. The van der Waals surface area contributed by atoms with E-state index in [0.717, 1.165) is 49.5 Å². The first-order valence-corrected chi connectivity index (χ1v) is 9.32. The molecule has 1 aromatic carbocycles. The lowest BCUT2D eigenvalue weighted by Gasteiger charge is -2.26. The maximum absolute atomic E-state index is 12.6. The van der Waals surface area contributed by atoms with Gasteiger partial charge < -0.3 is 25.3 Å². The summed E-state index contributed by atoms with van der Waals surface area (Å²) in [5, 5.41) is 11.1. The van der Waals surface area contributed by atoms with Gasteiger partial charge in [-0.15, -0.1) is 0 Å². The summed E-state index contributed by atoms with van der Waals surface area (Å²) in [5.74, 6) is 0.914. The molecule has 0 saturated carbocycles. The van der Waals surface area contributed by atoms with Gasteiger partial charge in [-0.05, 0) is 37.5 Å². The smallest absolute Gasteiger partial charge is 0.251 e. The fourth-order valence-corrected chi connectivity index (χ4v) is 4.45. The number of carbonyl (C=O) groups excluding carboxylic acids is 1. The number of piperazine rings is 1. The van der Waals surface area contributed by atoms with E-state index in [9.17, 15) is 4.79 Å². The predicted octanol–water partition coefficient (Wildman–Crippen LogP) is 1.47. The largest absolute Gasteiger partial charge is 0.441 e. The lowest BCUT2D eigenvalue weighted by Crippen LogP contribution is -2.43. The average molecular weight is 340 g/mol. The van der Waals surface area contributed by atoms with Crippen LogP contribution in [-0.4, -0.2) is 50.2 Å². The van der Waals surface area contributed by atoms with Crippen molar-refractivity contribution in [1.82, 2.24) is 16.0 Å². The van der Waals surface area contributed by atoms with E-state index in [0.29, 0.717) is 17.6 Å². The van der Waals surface area contributed by atoms with Crippen molar-refractivity contribution >= 4 is 22.8 Å². The first-order chi connectivity index (χ1) is 12.3. The molecule has 3 saturated heterocycles. The number of hydrogen-bond acceptors (Lipinski definition) is 5. The number of anilines is 1. The molecular formula is C19H24N4O2. The average Bonchev–Trinajstić information content (AvgIpc) is 3.36. The molecule has 2 bridgehead atoms. The minimum absolute atomic E-state index is 0.0196. The summed E-state index contributed by atoms with van der Waals surface area (Å²) in [6.07, 6.45) is 3.47. The molecule has 1 amide bonds. The Morgan fingerprint density at radius 2 is 2.08 bits per heavy atom. The highest BCUT2D eigenvalue weighted by atomic mass is 16.4. The molecule has 3 aliphatic heterocycles. The van der Waals surface area contributed by atoms with Crippen LogP contribution in [0.3, 0.4) is 0 Å². The normalized spacial score (nSPS) is 28.6. The van der Waals surface area contributed by atoms with Gasteiger partial charge in [0, 0.05) is 61.3 Å². The molecule has 6 heteroatoms. The van der Waals surface area contributed by atoms with Crippen LogP contribution in [0.25, 0.3) is 11.0 Å². The number of benzene rings is 1. The summed E-state index contributed by atoms with van der Waals surface area (Å²) in [6.45, 7) is 3.85. The van der Waals surface area contributed by atoms with Crippen LogP contribution in [0.5, 0.6) is 0 Å². The van der Waals surface area contributed by atoms with Crippen LogP contribution in [0.1, 0.15) is 29.6 Å². The molecule has 3 aliphatic rings. The fourth-order valence-electron chi connectivity index (χ4n) is 4.45. The number of rotatable bonds is 3. The van der Waals surface area contributed by atoms with Crippen LogP contribution in [0.4, 0.5) is 5.88 Å². The van der Waals surface area contributed by atoms with E-state index >= 15 is 0 Å². The third-order valence-electron chi connectivity index (χ3n) is 5.81. The highest BCUT2D eigenvalue weighted by Crippen LogP contribution is 2.29. The zero-order chi connectivity index (χ0) is 16.8. The predicted molar refractivity (Wildman–Crippen MR) is 97.1 cm³/mol. The van der Waals surface area contributed by atoms with E-state index in [1.807, 2.05) is 18.2 Å². The molecule has 6 nitrogen and oxygen atoms in total. The molecule has 2 aromatic rings. The molecular weight excluding hydrogens is 316 g/mol. The zero-order valence-electron chi connectivity index (χ0n) is 14.3. The van der Waals surface area contributed by atoms with Gasteiger partial charge in [0.25, 0.3) is 5.91 Å². The lowest BCUT2D eigenvalue weighted by atomic mass is 9.95. The third kappa shape index (κ3) is 2.79. The molecule has 0 radical (unpaired) electrons. The van der Waals surface area contributed by atoms with Gasteiger partial charge in [-0.2, -0.15) is 0 Å². The highest BCUT2D eigenvalue weighted by Gasteiger charge is 2.39. The Morgan fingerprint density at radius 1 is 1.20 bits per heavy atom. The first kappa shape index (κ1) is 15.2. The Balaban J connectivity index is 1.34. The second-order valence-corrected chi connectivity index (χ2v) is 7.44. The number of nitrogens with zero attached hydrogens (tertiary/aromatic N) is 1. The van der Waals surface area contributed by atoms with Crippen molar-refractivity contribution in [3.63, 3.8) is 0 Å². The van der Waals surface area contributed by atoms with Gasteiger partial charge in [0.1, 0.15) is 5.58 Å². The molecule has 5 rings (SSSR count). The highest BCUT2D eigenvalue weighted by molar-refractivity contribution is 5.98. The van der Waals surface area contributed by atoms with Crippen LogP contribution >= 0.6 is 0 Å². The molecule has 132 valence electrons. The summed E-state index contributed by atoms with van der Waals surface area (Å²) in [7, 11) is 0. The number of amides is 1. The number of furan rings is 1. The Bertz CT molecular complexity index is 796. The maximum atomic E-state index is 12.6. The lowest BCUT2D eigenvalue weighted by molar-refractivity contribution is 0.0931. The Hall–Kier alpha value is -2.05. The van der Waals surface area contributed by atoms with Gasteiger partial charge in [-0.3, -0.25) is 4.79 Å². The van der Waals surface area contributed by atoms with E-state index < -0.39 is 0 Å². The number of fused-ring (bicyclic) bond motifs is 3. The summed E-state index contributed by atoms with van der Waals surface area (Å²) >= 11 is 0. The third-order valence-corrected chi connectivity index (χ3v) is 5.81. The molecule has 1 aromatic heterocycles. The van der Waals surface area contributed by atoms with E-state index in [2.05, 4.69) is 26.9 Å². The van der Waals surface area contributed by atoms with Crippen molar-refractivity contribution in [2.45, 2.75) is 37.4 Å². The number of carbonyl (C=O) groups is 1. The van der Waals surface area contributed by atoms with E-state index in [-0.39, 0.29) is 11.9 Å². The maximum Gasteiger partial charge on any atom is 0.251 e. The monoisotopic (exact) mass is 340 g/mol. The Morgan fingerprint density at radius 3 is 2.84 bits per heavy atom. The summed E-state index contributed by atoms with van der Waals surface area (Å²) in [4.78, 5) is 14.9. The van der Waals surface area contributed by atoms with Crippen molar-refractivity contribution in [3.05, 3.63) is 29.8 Å². The molecule has 0 aliphatic carbocycles. The Labute approximate surface area is 146 Å². The standard InChI is InChI=1S/C19H24N4O2/c24-19(22-16-11-14-2-3-15(16)21-14)12-1-4-17-13(9-12)10-18(25-17)23-7-5-20-6-8-23/h1,4,9-10,14-16,20-21H,2-3,5-8,11H2,(H,22,24)/t14-,15+,16-/m1/s1. The van der Waals surface area contributed by atoms with Gasteiger partial charge in [0.05, 0.1) is 0 Å². The number of nitrogens with one attached hydrogen (secondary N) is 3. The van der Waals surface area contributed by atoms with E-state index in [1.165, 1.54) is 12.8 Å². The molecule has 0 unspecified atom stereocenters. The molecule has 0 spiro atoms. The van der Waals surface area contributed by atoms with Crippen molar-refractivity contribution in [1.29, 1.82) is 0 Å². The van der Waals surface area contributed by atoms with Crippen molar-refractivity contribution in [2.24, 2.45) is 0 Å². The second kappa shape index (κ2) is 6.04. The fraction of sp³-hybridized carbons (Fsp3) is 0.526. The SMILES string of the molecule is O=C(N[C@@H]1C[C@H]2CC[C@@H]1N2)c1ccc2oc(N3CCNCC3)cc2c1. The second-order valence-electron chi connectivity index (χ2n) is 7.44. The molecule has 3 atom stereocenters. The zero-order valence-corrected chi connectivity index (χ0v) is 14.3. The van der Waals surface area contributed by atoms with Crippen LogP contribution in [0, 0.1) is 0 Å². The minimum atomic E-state index is 0.0196. The van der Waals surface area contributed by atoms with Crippen LogP contribution in [0.2, 0.25) is 0 Å². The molecule has 3 fully saturated rings. The van der Waals surface area contributed by atoms with E-state index in [4.69, 9.17) is 4.42 Å². The quantitative estimate of drug-likeness (QED) is 0.789. The van der Waals surface area contributed by atoms with Gasteiger partial charge in [-0.25, -0.2) is 0 Å². The molecule has 25 heavy (non-hydrogen) atoms. The van der Waals surface area contributed by atoms with Crippen LogP contribution in [-0.2, 0) is 0 Å². The Kier molecular flexibility index (Phi) is 3.68. The van der Waals surface area contributed by atoms with Crippen molar-refractivity contribution in [2.75, 3.05) is 31.1 Å². The number of hydrogen-bond donors (Lipinski definition) is 3. The molecule has 3 N–H and O–H groups in total. The summed E-state index contributed by atoms with van der Waals surface area (Å²) < 4.78 is 5.97. The first-order valence-electron chi connectivity index (χ1n) is 9.32. The van der Waals surface area contributed by atoms with Crippen LogP contribution in [0.15, 0.2) is 28.7 Å². The van der Waals surface area contributed by atoms with Crippen LogP contribution < -0.4 is 20.9 Å². The van der Waals surface area contributed by atoms with Gasteiger partial charge >= 0.3 is 0 Å². The van der Waals surface area contributed by atoms with Crippen molar-refractivity contribution in [3.8, 4) is 0 Å². The van der Waals surface area contributed by atoms with Gasteiger partial charge in [-0.1, -0.05) is 0 Å². The van der Waals surface area contributed by atoms with Gasteiger partial charge in [0.15, 0.2) is 5.88 Å². The minimum Gasteiger partial charge on any atom is -0.441 e. The van der Waals surface area contributed by atoms with Crippen molar-refractivity contribution < 1.29 is 9.21 Å². The van der Waals surface area contributed by atoms with Gasteiger partial charge in [0.2, 0.25) is 0 Å². The summed E-state index contributed by atoms with van der Waals surface area (Å²) in [5.41, 5.74) is 1.55. The summed E-state index contributed by atoms with van der Waals surface area (Å²) in [6, 6.07) is 9.08.